The Morgan fingerprint density at radius 3 is 1.41 bits per heavy atom. The van der Waals surface area contributed by atoms with E-state index in [4.69, 9.17) is 17.2 Å². The highest BCUT2D eigenvalue weighted by Gasteiger charge is 2.36. The standard InChI is InChI=1S/C50H62N12O13/c1-25(2)42(49(74)75)62-48(73)37(20-28-24-56-34-12-6-4-9-31(28)34)59-46(71)38(21-40(64)65)61-47(72)39(22-41(66)67)60-44(69)35(18-26-13-15-29(63)16-14-26)58-45(70)36(19-27-23-55-33-11-5-3-8-30(27)33)57-43(68)32(51)10-7-17-54-50(52)53/h3-6,8-9,11-16,23-25,32,35-39,42,55-56,63H,7,10,17-22,51H2,1-2H3,(H,57,68)(H,58,70)(H,59,71)(H,60,69)(H,61,72)(H,62,73)(H,64,65)(H,66,67)(H,74,75)(H4,52,53,54)/t32-,35-,36-,37-,38-,39-,42-/m0/s1. The molecule has 25 nitrogen and oxygen atoms in total. The number of fused-ring (bicyclic) bond motifs is 2. The van der Waals surface area contributed by atoms with Crippen LogP contribution in [0.5, 0.6) is 5.75 Å². The van der Waals surface area contributed by atoms with Crippen LogP contribution in [-0.2, 0) is 62.4 Å². The first kappa shape index (κ1) is 56.9. The summed E-state index contributed by atoms with van der Waals surface area (Å²) in [4.78, 5) is 131. The van der Waals surface area contributed by atoms with E-state index in [1.807, 2.05) is 0 Å². The van der Waals surface area contributed by atoms with Gasteiger partial charge in [0, 0.05) is 60.0 Å². The van der Waals surface area contributed by atoms with Crippen molar-refractivity contribution in [2.45, 2.75) is 101 Å². The predicted octanol–water partition coefficient (Wildman–Crippen LogP) is -0.638. The van der Waals surface area contributed by atoms with E-state index in [1.54, 1.807) is 74.8 Å². The molecule has 5 rings (SSSR count). The molecule has 7 atom stereocenters. The third kappa shape index (κ3) is 16.8. The summed E-state index contributed by atoms with van der Waals surface area (Å²) in [6, 6.07) is 8.41. The maximum Gasteiger partial charge on any atom is 0.326 e. The molecule has 75 heavy (non-hydrogen) atoms. The van der Waals surface area contributed by atoms with Crippen molar-refractivity contribution >= 4 is 81.1 Å². The molecule has 400 valence electrons. The molecule has 6 amide bonds. The van der Waals surface area contributed by atoms with Gasteiger partial charge in [0.05, 0.1) is 18.9 Å². The van der Waals surface area contributed by atoms with Crippen LogP contribution in [0.1, 0.15) is 56.2 Å². The Labute approximate surface area is 428 Å². The number of aromatic hydroxyl groups is 1. The van der Waals surface area contributed by atoms with Gasteiger partial charge in [0.2, 0.25) is 35.4 Å². The van der Waals surface area contributed by atoms with Crippen LogP contribution in [0.25, 0.3) is 21.8 Å². The van der Waals surface area contributed by atoms with Crippen LogP contribution >= 0.6 is 0 Å². The fourth-order valence-corrected chi connectivity index (χ4v) is 8.09. The molecule has 0 unspecified atom stereocenters. The van der Waals surface area contributed by atoms with E-state index >= 15 is 0 Å². The van der Waals surface area contributed by atoms with Gasteiger partial charge < -0.3 is 79.5 Å². The van der Waals surface area contributed by atoms with Crippen LogP contribution in [0.2, 0.25) is 0 Å². The van der Waals surface area contributed by atoms with Crippen molar-refractivity contribution in [3.8, 4) is 5.75 Å². The number of hydrogen-bond donors (Lipinski definition) is 15. The number of benzene rings is 3. The number of carboxylic acid groups (broad SMARTS) is 3. The summed E-state index contributed by atoms with van der Waals surface area (Å²) in [6.45, 7) is 3.26. The number of nitrogens with one attached hydrogen (secondary N) is 8. The minimum atomic E-state index is -2.04. The van der Waals surface area contributed by atoms with Gasteiger partial charge in [0.15, 0.2) is 5.96 Å². The van der Waals surface area contributed by atoms with Crippen molar-refractivity contribution in [1.29, 1.82) is 0 Å². The number of carbonyl (C=O) groups excluding carboxylic acids is 6. The maximum absolute atomic E-state index is 14.4. The van der Waals surface area contributed by atoms with E-state index in [0.717, 1.165) is 5.52 Å². The molecular weight excluding hydrogens is 977 g/mol. The lowest BCUT2D eigenvalue weighted by atomic mass is 10.0. The van der Waals surface area contributed by atoms with Crippen molar-refractivity contribution in [2.24, 2.45) is 28.1 Å². The molecule has 0 aliphatic heterocycles. The Morgan fingerprint density at radius 1 is 0.560 bits per heavy atom. The van der Waals surface area contributed by atoms with E-state index in [9.17, 15) is 63.6 Å². The number of nitrogens with two attached hydrogens (primary N) is 3. The fourth-order valence-electron chi connectivity index (χ4n) is 8.09. The largest absolute Gasteiger partial charge is 0.508 e. The number of aromatic amines is 2. The quantitative estimate of drug-likeness (QED) is 0.0168. The van der Waals surface area contributed by atoms with Crippen LogP contribution in [0.3, 0.4) is 0 Å². The second-order valence-corrected chi connectivity index (χ2v) is 18.1. The van der Waals surface area contributed by atoms with Crippen LogP contribution in [0.4, 0.5) is 0 Å². The number of nitrogens with zero attached hydrogens (tertiary/aromatic N) is 1. The number of aliphatic carboxylic acids is 3. The smallest absolute Gasteiger partial charge is 0.326 e. The number of guanidine groups is 1. The monoisotopic (exact) mass is 1040 g/mol. The number of carbonyl (C=O) groups is 9. The Kier molecular flexibility index (Phi) is 20.2. The lowest BCUT2D eigenvalue weighted by Crippen LogP contribution is -2.61. The van der Waals surface area contributed by atoms with Gasteiger partial charge in [-0.25, -0.2) is 4.79 Å². The van der Waals surface area contributed by atoms with E-state index < -0.39 is 114 Å². The molecule has 3 aromatic carbocycles. The first-order chi connectivity index (χ1) is 35.6. The number of amides is 6. The molecule has 0 saturated heterocycles. The zero-order valence-corrected chi connectivity index (χ0v) is 41.0. The summed E-state index contributed by atoms with van der Waals surface area (Å²) in [7, 11) is 0. The summed E-state index contributed by atoms with van der Waals surface area (Å²) in [5.41, 5.74) is 19.8. The van der Waals surface area contributed by atoms with Crippen molar-refractivity contribution in [2.75, 3.05) is 6.54 Å². The molecule has 25 heteroatoms. The number of para-hydroxylation sites is 2. The van der Waals surface area contributed by atoms with Crippen LogP contribution in [-0.4, -0.2) is 139 Å². The molecule has 0 radical (unpaired) electrons. The fraction of sp³-hybridized carbons (Fsp3) is 0.360. The predicted molar refractivity (Wildman–Crippen MR) is 272 cm³/mol. The van der Waals surface area contributed by atoms with Gasteiger partial charge in [0.25, 0.3) is 0 Å². The summed E-state index contributed by atoms with van der Waals surface area (Å²) in [5, 5.41) is 55.5. The summed E-state index contributed by atoms with van der Waals surface area (Å²) >= 11 is 0. The van der Waals surface area contributed by atoms with Gasteiger partial charge in [-0.1, -0.05) is 62.4 Å². The van der Waals surface area contributed by atoms with Crippen molar-refractivity contribution in [3.63, 3.8) is 0 Å². The van der Waals surface area contributed by atoms with Crippen LogP contribution < -0.4 is 49.1 Å². The molecule has 0 aliphatic carbocycles. The average Bonchev–Trinajstić information content (AvgIpc) is 3.96. The van der Waals surface area contributed by atoms with Crippen molar-refractivity contribution < 1.29 is 63.6 Å². The highest BCUT2D eigenvalue weighted by molar-refractivity contribution is 5.99. The van der Waals surface area contributed by atoms with Crippen LogP contribution in [0.15, 0.2) is 90.2 Å². The Balaban J connectivity index is 1.42. The van der Waals surface area contributed by atoms with E-state index in [0.29, 0.717) is 39.4 Å². The first-order valence-electron chi connectivity index (χ1n) is 23.8. The Bertz CT molecular complexity index is 2900. The second-order valence-electron chi connectivity index (χ2n) is 18.1. The highest BCUT2D eigenvalue weighted by atomic mass is 16.4. The first-order valence-corrected chi connectivity index (χ1v) is 23.8. The summed E-state index contributed by atoms with van der Waals surface area (Å²) in [5.74, 6) is -11.8. The van der Waals surface area contributed by atoms with Gasteiger partial charge in [-0.2, -0.15) is 0 Å². The third-order valence-corrected chi connectivity index (χ3v) is 12.0. The highest BCUT2D eigenvalue weighted by Crippen LogP contribution is 2.22. The zero-order valence-electron chi connectivity index (χ0n) is 41.0. The summed E-state index contributed by atoms with van der Waals surface area (Å²) < 4.78 is 0. The molecule has 5 aromatic rings. The topological polar surface area (TPSA) is 429 Å². The SMILES string of the molecule is CC(C)[C@H](NC(=O)[C@H](Cc1c[nH]c2ccccc12)NC(=O)[C@H](CC(=O)O)NC(=O)[C@H](CC(=O)O)NC(=O)[C@H](Cc1ccc(O)cc1)NC(=O)[C@H](Cc1c[nH]c2ccccc12)NC(=O)[C@@H](N)CCCN=C(N)N)C(=O)O. The lowest BCUT2D eigenvalue weighted by molar-refractivity contribution is -0.144. The van der Waals surface area contributed by atoms with Gasteiger partial charge in [-0.3, -0.25) is 43.3 Å². The third-order valence-electron chi connectivity index (χ3n) is 12.0. The van der Waals surface area contributed by atoms with Gasteiger partial charge in [-0.05, 0) is 59.7 Å². The normalized spacial score (nSPS) is 14.0. The van der Waals surface area contributed by atoms with E-state index in [-0.39, 0.29) is 43.9 Å². The number of H-pyrrole nitrogens is 2. The second kappa shape index (κ2) is 26.6. The molecule has 0 aliphatic rings. The van der Waals surface area contributed by atoms with Crippen LogP contribution in [0, 0.1) is 5.92 Å². The summed E-state index contributed by atoms with van der Waals surface area (Å²) in [6.07, 6.45) is 0.684. The molecular formula is C50H62N12O13. The Morgan fingerprint density at radius 2 is 0.973 bits per heavy atom. The minimum absolute atomic E-state index is 0.115. The number of aliphatic imine (C=N–C) groups is 1. The molecule has 18 N–H and O–H groups in total. The zero-order chi connectivity index (χ0) is 54.9. The van der Waals surface area contributed by atoms with Gasteiger partial charge >= 0.3 is 17.9 Å². The van der Waals surface area contributed by atoms with Crippen molar-refractivity contribution in [1.82, 2.24) is 41.9 Å². The minimum Gasteiger partial charge on any atom is -0.508 e. The molecule has 0 spiro atoms. The molecule has 0 fully saturated rings. The van der Waals surface area contributed by atoms with Gasteiger partial charge in [-0.15, -0.1) is 0 Å². The van der Waals surface area contributed by atoms with E-state index in [2.05, 4.69) is 46.9 Å². The maximum atomic E-state index is 14.4. The number of aromatic nitrogens is 2. The average molecular weight is 1040 g/mol. The number of hydrogen-bond acceptors (Lipinski definition) is 12. The lowest BCUT2D eigenvalue weighted by Gasteiger charge is -2.27. The number of carboxylic acids is 3. The molecule has 0 saturated carbocycles. The Hall–Kier alpha value is -9.00. The number of rotatable bonds is 28. The van der Waals surface area contributed by atoms with Gasteiger partial charge in [0.1, 0.15) is 42.0 Å². The molecule has 2 aromatic heterocycles. The van der Waals surface area contributed by atoms with Crippen molar-refractivity contribution in [3.05, 3.63) is 102 Å². The number of phenols is 1. The molecule has 2 heterocycles. The molecule has 0 bridgehead atoms. The van der Waals surface area contributed by atoms with E-state index in [1.165, 1.54) is 24.3 Å². The number of phenolic OH excluding ortho intramolecular Hbond substituents is 1.